The second-order valence-electron chi connectivity index (χ2n) is 4.52. The maximum Gasteiger partial charge on any atom is 0.233 e. The Labute approximate surface area is 93.1 Å². The first-order valence-corrected chi connectivity index (χ1v) is 5.87. The number of carbonyl (C=O) groups excluding carboxylic acids is 2. The van der Waals surface area contributed by atoms with Crippen molar-refractivity contribution in [2.24, 2.45) is 23.7 Å². The van der Waals surface area contributed by atoms with Crippen LogP contribution in [0.5, 0.6) is 0 Å². The Balaban J connectivity index is 1.93. The van der Waals surface area contributed by atoms with Gasteiger partial charge in [0.05, 0.1) is 11.8 Å². The van der Waals surface area contributed by atoms with Gasteiger partial charge in [-0.15, -0.1) is 11.6 Å². The summed E-state index contributed by atoms with van der Waals surface area (Å²) in [7, 11) is 0. The quantitative estimate of drug-likeness (QED) is 0.400. The van der Waals surface area contributed by atoms with Crippen LogP contribution in [0.4, 0.5) is 0 Å². The van der Waals surface area contributed by atoms with Crippen LogP contribution in [-0.2, 0) is 9.59 Å². The zero-order valence-corrected chi connectivity index (χ0v) is 8.98. The summed E-state index contributed by atoms with van der Waals surface area (Å²) in [5.41, 5.74) is 0. The summed E-state index contributed by atoms with van der Waals surface area (Å²) in [4.78, 5) is 25.3. The topological polar surface area (TPSA) is 37.4 Å². The molecule has 0 aromatic rings. The molecule has 2 amide bonds. The van der Waals surface area contributed by atoms with Crippen molar-refractivity contribution in [2.45, 2.75) is 6.42 Å². The Morgan fingerprint density at radius 3 is 2.20 bits per heavy atom. The van der Waals surface area contributed by atoms with Crippen LogP contribution in [-0.4, -0.2) is 29.1 Å². The SMILES string of the molecule is O=C1[C@@H]2[C@H](C(=O)N1CCCl)[C@H]1C=C[C@@H]2C1. The fourth-order valence-electron chi connectivity index (χ4n) is 3.27. The zero-order chi connectivity index (χ0) is 10.6. The molecule has 0 aromatic heterocycles. The molecule has 4 atom stereocenters. The number of amides is 2. The molecule has 4 heteroatoms. The van der Waals surface area contributed by atoms with Gasteiger partial charge < -0.3 is 0 Å². The molecule has 15 heavy (non-hydrogen) atoms. The van der Waals surface area contributed by atoms with Crippen LogP contribution in [0.2, 0.25) is 0 Å². The second kappa shape index (κ2) is 3.08. The zero-order valence-electron chi connectivity index (χ0n) is 8.23. The van der Waals surface area contributed by atoms with E-state index in [-0.39, 0.29) is 23.7 Å². The third-order valence-corrected chi connectivity index (χ3v) is 4.04. The van der Waals surface area contributed by atoms with Crippen LogP contribution < -0.4 is 0 Å². The summed E-state index contributed by atoms with van der Waals surface area (Å²) in [5, 5.41) is 0. The van der Waals surface area contributed by atoms with Gasteiger partial charge in [0.25, 0.3) is 0 Å². The van der Waals surface area contributed by atoms with Crippen molar-refractivity contribution < 1.29 is 9.59 Å². The molecule has 1 saturated heterocycles. The number of nitrogens with zero attached hydrogens (tertiary/aromatic N) is 1. The molecule has 80 valence electrons. The molecule has 0 unspecified atom stereocenters. The first-order chi connectivity index (χ1) is 7.24. The van der Waals surface area contributed by atoms with Crippen molar-refractivity contribution in [2.75, 3.05) is 12.4 Å². The molecule has 2 aliphatic carbocycles. The van der Waals surface area contributed by atoms with E-state index in [1.54, 1.807) is 0 Å². The predicted molar refractivity (Wildman–Crippen MR) is 55.2 cm³/mol. The molecule has 1 saturated carbocycles. The van der Waals surface area contributed by atoms with Crippen molar-refractivity contribution in [3.8, 4) is 0 Å². The molecule has 0 radical (unpaired) electrons. The van der Waals surface area contributed by atoms with Gasteiger partial charge >= 0.3 is 0 Å². The van der Waals surface area contributed by atoms with Gasteiger partial charge in [-0.05, 0) is 18.3 Å². The first kappa shape index (κ1) is 9.40. The number of imide groups is 1. The maximum absolute atomic E-state index is 12.0. The monoisotopic (exact) mass is 225 g/mol. The number of hydrogen-bond donors (Lipinski definition) is 0. The van der Waals surface area contributed by atoms with E-state index < -0.39 is 0 Å². The van der Waals surface area contributed by atoms with Crippen LogP contribution in [0.1, 0.15) is 6.42 Å². The summed E-state index contributed by atoms with van der Waals surface area (Å²) in [6, 6.07) is 0. The van der Waals surface area contributed by atoms with E-state index in [0.29, 0.717) is 24.3 Å². The minimum Gasteiger partial charge on any atom is -0.281 e. The van der Waals surface area contributed by atoms with E-state index in [1.807, 2.05) is 0 Å². The van der Waals surface area contributed by atoms with E-state index in [9.17, 15) is 9.59 Å². The molecule has 2 bridgehead atoms. The number of fused-ring (bicyclic) bond motifs is 5. The van der Waals surface area contributed by atoms with Gasteiger partial charge in [0.1, 0.15) is 0 Å². The van der Waals surface area contributed by atoms with Gasteiger partial charge in [0.15, 0.2) is 0 Å². The molecule has 1 aliphatic heterocycles. The van der Waals surface area contributed by atoms with E-state index in [2.05, 4.69) is 12.2 Å². The number of halogens is 1. The van der Waals surface area contributed by atoms with Crippen molar-refractivity contribution >= 4 is 23.4 Å². The van der Waals surface area contributed by atoms with Gasteiger partial charge in [0, 0.05) is 12.4 Å². The number of rotatable bonds is 2. The molecule has 2 fully saturated rings. The number of carbonyl (C=O) groups is 2. The molecular formula is C11H12ClNO2. The number of likely N-dealkylation sites (tertiary alicyclic amines) is 1. The standard InChI is InChI=1S/C11H12ClNO2/c12-3-4-13-10(14)8-6-1-2-7(5-6)9(8)11(13)15/h1-2,6-9H,3-5H2/t6-,7+,8+,9-. The molecule has 0 spiro atoms. The van der Waals surface area contributed by atoms with Crippen LogP contribution >= 0.6 is 11.6 Å². The molecule has 3 nitrogen and oxygen atoms in total. The summed E-state index contributed by atoms with van der Waals surface area (Å²) >= 11 is 5.60. The third kappa shape index (κ3) is 1.07. The van der Waals surface area contributed by atoms with Crippen LogP contribution in [0.3, 0.4) is 0 Å². The fraction of sp³-hybridized carbons (Fsp3) is 0.636. The van der Waals surface area contributed by atoms with Gasteiger partial charge in [-0.25, -0.2) is 0 Å². The van der Waals surface area contributed by atoms with Gasteiger partial charge in [-0.3, -0.25) is 14.5 Å². The van der Waals surface area contributed by atoms with Gasteiger partial charge in [-0.2, -0.15) is 0 Å². The number of alkyl halides is 1. The summed E-state index contributed by atoms with van der Waals surface area (Å²) < 4.78 is 0. The first-order valence-electron chi connectivity index (χ1n) is 5.33. The lowest BCUT2D eigenvalue weighted by Crippen LogP contribution is -2.34. The summed E-state index contributed by atoms with van der Waals surface area (Å²) in [6.07, 6.45) is 5.18. The van der Waals surface area contributed by atoms with Crippen LogP contribution in [0.15, 0.2) is 12.2 Å². The lowest BCUT2D eigenvalue weighted by molar-refractivity contribution is -0.140. The molecule has 3 rings (SSSR count). The highest BCUT2D eigenvalue weighted by molar-refractivity contribution is 6.18. The molecular weight excluding hydrogens is 214 g/mol. The van der Waals surface area contributed by atoms with E-state index >= 15 is 0 Å². The highest BCUT2D eigenvalue weighted by Gasteiger charge is 2.58. The van der Waals surface area contributed by atoms with E-state index in [1.165, 1.54) is 4.90 Å². The average Bonchev–Trinajstić information content (AvgIpc) is 2.87. The molecule has 0 aromatic carbocycles. The molecule has 3 aliphatic rings. The average molecular weight is 226 g/mol. The van der Waals surface area contributed by atoms with E-state index in [0.717, 1.165) is 6.42 Å². The second-order valence-corrected chi connectivity index (χ2v) is 4.89. The van der Waals surface area contributed by atoms with Crippen molar-refractivity contribution in [3.63, 3.8) is 0 Å². The van der Waals surface area contributed by atoms with Crippen molar-refractivity contribution in [1.29, 1.82) is 0 Å². The van der Waals surface area contributed by atoms with Crippen LogP contribution in [0, 0.1) is 23.7 Å². The molecule has 0 N–H and O–H groups in total. The van der Waals surface area contributed by atoms with Gasteiger partial charge in [0.2, 0.25) is 11.8 Å². The van der Waals surface area contributed by atoms with Crippen LogP contribution in [0.25, 0.3) is 0 Å². The highest BCUT2D eigenvalue weighted by Crippen LogP contribution is 2.52. The van der Waals surface area contributed by atoms with Gasteiger partial charge in [-0.1, -0.05) is 12.2 Å². The van der Waals surface area contributed by atoms with E-state index in [4.69, 9.17) is 11.6 Å². The predicted octanol–water partition coefficient (Wildman–Crippen LogP) is 1.03. The number of hydrogen-bond acceptors (Lipinski definition) is 2. The maximum atomic E-state index is 12.0. The smallest absolute Gasteiger partial charge is 0.233 e. The number of allylic oxidation sites excluding steroid dienone is 2. The largest absolute Gasteiger partial charge is 0.281 e. The Bertz CT molecular complexity index is 336. The minimum absolute atomic E-state index is 0.00231. The van der Waals surface area contributed by atoms with Crippen molar-refractivity contribution in [3.05, 3.63) is 12.2 Å². The Hall–Kier alpha value is -0.830. The Morgan fingerprint density at radius 2 is 1.73 bits per heavy atom. The fourth-order valence-corrected chi connectivity index (χ4v) is 3.44. The van der Waals surface area contributed by atoms with Crippen molar-refractivity contribution in [1.82, 2.24) is 4.90 Å². The lowest BCUT2D eigenvalue weighted by atomic mass is 9.85. The minimum atomic E-state index is -0.0734. The Kier molecular flexibility index (Phi) is 1.93. The normalized spacial score (nSPS) is 41.8. The Morgan fingerprint density at radius 1 is 1.20 bits per heavy atom. The molecule has 1 heterocycles. The summed E-state index contributed by atoms with van der Waals surface area (Å²) in [5.74, 6) is 0.796. The lowest BCUT2D eigenvalue weighted by Gasteiger charge is -2.15. The third-order valence-electron chi connectivity index (χ3n) is 3.87. The summed E-state index contributed by atoms with van der Waals surface area (Å²) in [6.45, 7) is 0.367. The highest BCUT2D eigenvalue weighted by atomic mass is 35.5.